The third kappa shape index (κ3) is 3.88. The highest BCUT2D eigenvalue weighted by molar-refractivity contribution is 6.35. The van der Waals surface area contributed by atoms with Gasteiger partial charge in [-0.3, -0.25) is 10.1 Å². The number of carbonyl (C=O) groups is 2. The van der Waals surface area contributed by atoms with Crippen LogP contribution in [0.15, 0.2) is 34.9 Å². The molecule has 0 fully saturated rings. The van der Waals surface area contributed by atoms with Gasteiger partial charge in [-0.25, -0.2) is 4.79 Å². The number of benzene rings is 1. The zero-order chi connectivity index (χ0) is 16.8. The number of aromatic nitrogens is 1. The van der Waals surface area contributed by atoms with Crippen molar-refractivity contribution >= 4 is 29.4 Å². The molecule has 7 nitrogen and oxygen atoms in total. The number of hydrogen-bond acceptors (Lipinski definition) is 6. The van der Waals surface area contributed by atoms with Gasteiger partial charge in [-0.15, -0.1) is 0 Å². The molecule has 0 aliphatic carbocycles. The Balaban J connectivity index is 2.15. The van der Waals surface area contributed by atoms with Crippen molar-refractivity contribution in [3.05, 3.63) is 46.6 Å². The van der Waals surface area contributed by atoms with Crippen molar-refractivity contribution in [1.29, 1.82) is 0 Å². The molecule has 1 N–H and O–H groups in total. The maximum absolute atomic E-state index is 12.3. The maximum atomic E-state index is 12.3. The lowest BCUT2D eigenvalue weighted by molar-refractivity contribution is -0.126. The van der Waals surface area contributed by atoms with Gasteiger partial charge in [0.25, 0.3) is 11.8 Å². The van der Waals surface area contributed by atoms with Crippen LogP contribution >= 0.6 is 11.6 Å². The van der Waals surface area contributed by atoms with Gasteiger partial charge in [0.2, 0.25) is 5.69 Å². The Hall–Kier alpha value is -2.38. The first-order valence-corrected chi connectivity index (χ1v) is 7.17. The Morgan fingerprint density at radius 1 is 1.35 bits per heavy atom. The number of rotatable bonds is 6. The van der Waals surface area contributed by atoms with Crippen molar-refractivity contribution in [2.45, 2.75) is 13.0 Å². The summed E-state index contributed by atoms with van der Waals surface area (Å²) in [7, 11) is 1.41. The summed E-state index contributed by atoms with van der Waals surface area (Å²) in [5.41, 5.74) is 0.464. The van der Waals surface area contributed by atoms with Crippen molar-refractivity contribution in [3.8, 4) is 0 Å². The smallest absolute Gasteiger partial charge is 0.362 e. The summed E-state index contributed by atoms with van der Waals surface area (Å²) < 4.78 is 14.9. The number of halogens is 1. The third-order valence-electron chi connectivity index (χ3n) is 2.92. The van der Waals surface area contributed by atoms with E-state index in [0.29, 0.717) is 5.56 Å². The van der Waals surface area contributed by atoms with Gasteiger partial charge in [-0.2, -0.15) is 0 Å². The molecule has 23 heavy (non-hydrogen) atoms. The molecule has 1 aromatic carbocycles. The van der Waals surface area contributed by atoms with E-state index in [1.165, 1.54) is 7.11 Å². The second-order valence-corrected chi connectivity index (χ2v) is 4.79. The molecule has 2 rings (SSSR count). The summed E-state index contributed by atoms with van der Waals surface area (Å²) in [6.45, 7) is 1.82. The number of hydrogen-bond donors (Lipinski definition) is 1. The van der Waals surface area contributed by atoms with Gasteiger partial charge < -0.3 is 14.0 Å². The zero-order valence-corrected chi connectivity index (χ0v) is 13.3. The van der Waals surface area contributed by atoms with Crippen molar-refractivity contribution in [3.63, 3.8) is 0 Å². The van der Waals surface area contributed by atoms with Gasteiger partial charge in [-0.1, -0.05) is 47.1 Å². The van der Waals surface area contributed by atoms with Crippen LogP contribution in [-0.4, -0.2) is 30.7 Å². The molecule has 1 atom stereocenters. The lowest BCUT2D eigenvalue weighted by Crippen LogP contribution is -2.22. The molecule has 0 bridgehead atoms. The topological polar surface area (TPSA) is 90.7 Å². The fourth-order valence-corrected chi connectivity index (χ4v) is 2.08. The molecule has 1 heterocycles. The highest BCUT2D eigenvalue weighted by Crippen LogP contribution is 2.28. The minimum atomic E-state index is -0.858. The monoisotopic (exact) mass is 338 g/mol. The first-order chi connectivity index (χ1) is 11.1. The Kier molecular flexibility index (Phi) is 5.72. The highest BCUT2D eigenvalue weighted by Gasteiger charge is 2.26. The molecule has 0 radical (unpaired) electrons. The van der Waals surface area contributed by atoms with E-state index in [0.717, 1.165) is 0 Å². The molecule has 0 aliphatic heterocycles. The van der Waals surface area contributed by atoms with E-state index in [1.54, 1.807) is 31.2 Å². The summed E-state index contributed by atoms with van der Waals surface area (Å²) >= 11 is 5.98. The lowest BCUT2D eigenvalue weighted by Gasteiger charge is -2.14. The van der Waals surface area contributed by atoms with E-state index in [4.69, 9.17) is 25.6 Å². The molecule has 1 amide bonds. The molecule has 122 valence electrons. The second kappa shape index (κ2) is 7.75. The molecule has 2 aromatic rings. The third-order valence-corrected chi connectivity index (χ3v) is 3.27. The molecule has 1 aromatic heterocycles. The minimum absolute atomic E-state index is 0.125. The molecule has 0 spiro atoms. The Labute approximate surface area is 137 Å². The van der Waals surface area contributed by atoms with Crippen molar-refractivity contribution in [2.75, 3.05) is 19.0 Å². The van der Waals surface area contributed by atoms with Crippen LogP contribution in [0.4, 0.5) is 5.88 Å². The predicted molar refractivity (Wildman–Crippen MR) is 82.3 cm³/mol. The Morgan fingerprint density at radius 2 is 2.04 bits per heavy atom. The van der Waals surface area contributed by atoms with Crippen molar-refractivity contribution in [2.24, 2.45) is 0 Å². The fourth-order valence-electron chi connectivity index (χ4n) is 1.88. The van der Waals surface area contributed by atoms with Gasteiger partial charge in [0.15, 0.2) is 6.10 Å². The number of ether oxygens (including phenoxy) is 2. The predicted octanol–water partition coefficient (Wildman–Crippen LogP) is 2.83. The van der Waals surface area contributed by atoms with Crippen LogP contribution in [0, 0.1) is 0 Å². The zero-order valence-electron chi connectivity index (χ0n) is 12.5. The van der Waals surface area contributed by atoms with Gasteiger partial charge in [0.05, 0.1) is 6.61 Å². The SMILES string of the molecule is CCOC(=O)c1noc(NC(=O)C(OC)c2ccccc2)c1Cl. The van der Waals surface area contributed by atoms with E-state index in [2.05, 4.69) is 10.5 Å². The van der Waals surface area contributed by atoms with Crippen LogP contribution in [0.1, 0.15) is 29.1 Å². The standard InChI is InChI=1S/C15H15ClN2O5/c1-3-22-15(20)11-10(16)14(23-18-11)17-13(19)12(21-2)9-7-5-4-6-8-9/h4-8,12H,3H2,1-2H3,(H,17,19). The van der Waals surface area contributed by atoms with E-state index in [-0.39, 0.29) is 23.2 Å². The molecule has 0 aliphatic rings. The largest absolute Gasteiger partial charge is 0.461 e. The van der Waals surface area contributed by atoms with Gasteiger partial charge in [0.1, 0.15) is 5.02 Å². The first kappa shape index (κ1) is 17.0. The van der Waals surface area contributed by atoms with Crippen molar-refractivity contribution < 1.29 is 23.6 Å². The van der Waals surface area contributed by atoms with E-state index in [1.807, 2.05) is 6.07 Å². The lowest BCUT2D eigenvalue weighted by atomic mass is 10.1. The average molecular weight is 339 g/mol. The van der Waals surface area contributed by atoms with Crippen molar-refractivity contribution in [1.82, 2.24) is 5.16 Å². The van der Waals surface area contributed by atoms with Crippen LogP contribution in [0.25, 0.3) is 0 Å². The minimum Gasteiger partial charge on any atom is -0.461 e. The number of nitrogens with one attached hydrogen (secondary N) is 1. The normalized spacial score (nSPS) is 11.8. The van der Waals surface area contributed by atoms with Crippen LogP contribution in [-0.2, 0) is 14.3 Å². The number of methoxy groups -OCH3 is 1. The molecule has 1 unspecified atom stereocenters. The molecule has 0 saturated carbocycles. The van der Waals surface area contributed by atoms with Crippen LogP contribution in [0.2, 0.25) is 5.02 Å². The van der Waals surface area contributed by atoms with Gasteiger partial charge in [-0.05, 0) is 12.5 Å². The molecular formula is C15H15ClN2O5. The van der Waals surface area contributed by atoms with Crippen LogP contribution in [0.3, 0.4) is 0 Å². The van der Waals surface area contributed by atoms with E-state index in [9.17, 15) is 9.59 Å². The fraction of sp³-hybridized carbons (Fsp3) is 0.267. The van der Waals surface area contributed by atoms with Gasteiger partial charge >= 0.3 is 5.97 Å². The summed E-state index contributed by atoms with van der Waals surface area (Å²) in [6, 6.07) is 8.90. The number of nitrogens with zero attached hydrogens (tertiary/aromatic N) is 1. The summed E-state index contributed by atoms with van der Waals surface area (Å²) in [5, 5.41) is 5.83. The van der Waals surface area contributed by atoms with E-state index < -0.39 is 18.0 Å². The molecular weight excluding hydrogens is 324 g/mol. The quantitative estimate of drug-likeness (QED) is 0.814. The summed E-state index contributed by atoms with van der Waals surface area (Å²) in [5.74, 6) is -1.38. The maximum Gasteiger partial charge on any atom is 0.362 e. The average Bonchev–Trinajstić information content (AvgIpc) is 2.90. The molecule has 8 heteroatoms. The number of carbonyl (C=O) groups excluding carboxylic acids is 2. The van der Waals surface area contributed by atoms with Crippen LogP contribution in [0.5, 0.6) is 0 Å². The number of esters is 1. The summed E-state index contributed by atoms with van der Waals surface area (Å²) in [4.78, 5) is 23.9. The number of amides is 1. The van der Waals surface area contributed by atoms with E-state index >= 15 is 0 Å². The number of anilines is 1. The second-order valence-electron chi connectivity index (χ2n) is 4.41. The molecule has 0 saturated heterocycles. The Bertz CT molecular complexity index is 686. The highest BCUT2D eigenvalue weighted by atomic mass is 35.5. The van der Waals surface area contributed by atoms with Crippen LogP contribution < -0.4 is 5.32 Å². The van der Waals surface area contributed by atoms with Gasteiger partial charge in [0, 0.05) is 7.11 Å². The Morgan fingerprint density at radius 3 is 2.65 bits per heavy atom. The first-order valence-electron chi connectivity index (χ1n) is 6.79. The summed E-state index contributed by atoms with van der Waals surface area (Å²) in [6.07, 6.45) is -0.858.